The van der Waals surface area contributed by atoms with Gasteiger partial charge in [-0.25, -0.2) is 13.1 Å². The number of hydrogen-bond acceptors (Lipinski definition) is 4. The summed E-state index contributed by atoms with van der Waals surface area (Å²) in [4.78, 5) is 0.939. The highest BCUT2D eigenvalue weighted by molar-refractivity contribution is 7.89. The van der Waals surface area contributed by atoms with E-state index in [-0.39, 0.29) is 11.4 Å². The second-order valence-electron chi connectivity index (χ2n) is 6.24. The Kier molecular flexibility index (Phi) is 4.97. The van der Waals surface area contributed by atoms with E-state index in [9.17, 15) is 13.5 Å². The van der Waals surface area contributed by atoms with Crippen LogP contribution in [0.1, 0.15) is 24.3 Å². The molecule has 0 radical (unpaired) electrons. The van der Waals surface area contributed by atoms with Gasteiger partial charge in [-0.15, -0.1) is 11.3 Å². The van der Waals surface area contributed by atoms with Gasteiger partial charge in [-0.2, -0.15) is 0 Å². The van der Waals surface area contributed by atoms with Crippen molar-refractivity contribution in [3.8, 4) is 0 Å². The number of benzene rings is 2. The highest BCUT2D eigenvalue weighted by atomic mass is 32.2. The molecule has 0 amide bonds. The normalized spacial score (nSPS) is 14.5. The molecule has 0 saturated heterocycles. The molecule has 2 aromatic carbocycles. The number of nitrogens with one attached hydrogen (secondary N) is 1. The maximum Gasteiger partial charge on any atom is 0.240 e. The number of sulfonamides is 1. The summed E-state index contributed by atoms with van der Waals surface area (Å²) in [5, 5.41) is 11.8. The van der Waals surface area contributed by atoms with Crippen molar-refractivity contribution in [1.82, 2.24) is 4.72 Å². The third kappa shape index (κ3) is 3.93. The molecule has 0 aliphatic carbocycles. The van der Waals surface area contributed by atoms with Crippen molar-refractivity contribution >= 4 is 31.4 Å². The predicted molar refractivity (Wildman–Crippen MR) is 102 cm³/mol. The van der Waals surface area contributed by atoms with Gasteiger partial charge >= 0.3 is 0 Å². The lowest BCUT2D eigenvalue weighted by Gasteiger charge is -2.22. The zero-order valence-corrected chi connectivity index (χ0v) is 15.8. The van der Waals surface area contributed by atoms with Crippen LogP contribution in [0.3, 0.4) is 0 Å². The molecule has 1 aromatic heterocycles. The first-order valence-electron chi connectivity index (χ1n) is 8.12. The second kappa shape index (κ2) is 6.88. The number of fused-ring (bicyclic) bond motifs is 1. The Morgan fingerprint density at radius 2 is 1.80 bits per heavy atom. The molecule has 1 atom stereocenters. The SMILES string of the molecule is CCc1ccc(S(=O)(=O)NCC(C)(O)c2cc3ccccc3s2)cc1. The molecule has 1 unspecified atom stereocenters. The van der Waals surface area contributed by atoms with E-state index in [0.29, 0.717) is 0 Å². The third-order valence-electron chi connectivity index (χ3n) is 4.20. The molecule has 0 saturated carbocycles. The third-order valence-corrected chi connectivity index (χ3v) is 6.99. The van der Waals surface area contributed by atoms with Crippen molar-refractivity contribution in [2.45, 2.75) is 30.8 Å². The summed E-state index contributed by atoms with van der Waals surface area (Å²) in [6.07, 6.45) is 0.856. The molecule has 6 heteroatoms. The van der Waals surface area contributed by atoms with Crippen molar-refractivity contribution in [2.75, 3.05) is 6.54 Å². The number of hydrogen-bond donors (Lipinski definition) is 2. The molecule has 3 aromatic rings. The first-order valence-corrected chi connectivity index (χ1v) is 10.4. The van der Waals surface area contributed by atoms with E-state index < -0.39 is 15.6 Å². The summed E-state index contributed by atoms with van der Waals surface area (Å²) in [6.45, 7) is 3.56. The average molecular weight is 376 g/mol. The molecule has 1 heterocycles. The topological polar surface area (TPSA) is 66.4 Å². The molecule has 3 rings (SSSR count). The zero-order chi connectivity index (χ0) is 18.1. The van der Waals surface area contributed by atoms with E-state index in [0.717, 1.165) is 26.9 Å². The van der Waals surface area contributed by atoms with Gasteiger partial charge in [0.1, 0.15) is 5.60 Å². The predicted octanol–water partition coefficient (Wildman–Crippen LogP) is 3.65. The molecule has 0 fully saturated rings. The first-order chi connectivity index (χ1) is 11.8. The molecule has 132 valence electrons. The number of aliphatic hydroxyl groups is 1. The monoisotopic (exact) mass is 375 g/mol. The van der Waals surface area contributed by atoms with E-state index in [1.54, 1.807) is 31.2 Å². The van der Waals surface area contributed by atoms with Gasteiger partial charge in [0.25, 0.3) is 0 Å². The molecule has 4 nitrogen and oxygen atoms in total. The fraction of sp³-hybridized carbons (Fsp3) is 0.263. The second-order valence-corrected chi connectivity index (χ2v) is 9.10. The maximum absolute atomic E-state index is 12.5. The van der Waals surface area contributed by atoms with Gasteiger partial charge in [0.15, 0.2) is 0 Å². The minimum Gasteiger partial charge on any atom is -0.383 e. The highest BCUT2D eigenvalue weighted by Crippen LogP contribution is 2.33. The summed E-state index contributed by atoms with van der Waals surface area (Å²) in [6, 6.07) is 16.5. The van der Waals surface area contributed by atoms with Crippen LogP contribution in [-0.4, -0.2) is 20.1 Å². The van der Waals surface area contributed by atoms with Crippen LogP contribution in [0.4, 0.5) is 0 Å². The Morgan fingerprint density at radius 3 is 2.44 bits per heavy atom. The van der Waals surface area contributed by atoms with E-state index in [2.05, 4.69) is 4.72 Å². The first kappa shape index (κ1) is 18.1. The number of thiophene rings is 1. The molecule has 2 N–H and O–H groups in total. The summed E-state index contributed by atoms with van der Waals surface area (Å²) < 4.78 is 28.5. The number of aryl methyl sites for hydroxylation is 1. The summed E-state index contributed by atoms with van der Waals surface area (Å²) in [5.74, 6) is 0. The molecule has 0 spiro atoms. The van der Waals surface area contributed by atoms with E-state index in [1.165, 1.54) is 11.3 Å². The van der Waals surface area contributed by atoms with E-state index in [1.807, 2.05) is 37.3 Å². The fourth-order valence-corrected chi connectivity index (χ4v) is 4.80. The van der Waals surface area contributed by atoms with Gasteiger partial charge in [-0.3, -0.25) is 0 Å². The van der Waals surface area contributed by atoms with Gasteiger partial charge in [-0.1, -0.05) is 37.3 Å². The van der Waals surface area contributed by atoms with Gasteiger partial charge in [0, 0.05) is 16.1 Å². The maximum atomic E-state index is 12.5. The van der Waals surface area contributed by atoms with Crippen molar-refractivity contribution in [2.24, 2.45) is 0 Å². The minimum absolute atomic E-state index is 0.0856. The van der Waals surface area contributed by atoms with Crippen LogP contribution in [-0.2, 0) is 22.0 Å². The van der Waals surface area contributed by atoms with Crippen LogP contribution in [0, 0.1) is 0 Å². The molecular weight excluding hydrogens is 354 g/mol. The molecule has 0 bridgehead atoms. The largest absolute Gasteiger partial charge is 0.383 e. The van der Waals surface area contributed by atoms with E-state index >= 15 is 0 Å². The highest BCUT2D eigenvalue weighted by Gasteiger charge is 2.28. The van der Waals surface area contributed by atoms with E-state index in [4.69, 9.17) is 0 Å². The van der Waals surface area contributed by atoms with Gasteiger partial charge in [0.2, 0.25) is 10.0 Å². The standard InChI is InChI=1S/C19H21NO3S2/c1-3-14-8-10-16(11-9-14)25(22,23)20-13-19(2,21)18-12-15-6-4-5-7-17(15)24-18/h4-12,20-21H,3,13H2,1-2H3. The Morgan fingerprint density at radius 1 is 1.12 bits per heavy atom. The molecule has 0 aliphatic rings. The van der Waals surface area contributed by atoms with Gasteiger partial charge in [-0.05, 0) is 48.6 Å². The van der Waals surface area contributed by atoms with Crippen LogP contribution in [0.5, 0.6) is 0 Å². The molecule has 0 aliphatic heterocycles. The van der Waals surface area contributed by atoms with Crippen LogP contribution in [0.2, 0.25) is 0 Å². The van der Waals surface area contributed by atoms with Crippen molar-refractivity contribution in [3.63, 3.8) is 0 Å². The zero-order valence-electron chi connectivity index (χ0n) is 14.2. The summed E-state index contributed by atoms with van der Waals surface area (Å²) in [7, 11) is -3.66. The number of rotatable bonds is 6. The Bertz CT molecular complexity index is 940. The lowest BCUT2D eigenvalue weighted by molar-refractivity contribution is 0.0666. The smallest absolute Gasteiger partial charge is 0.240 e. The Hall–Kier alpha value is -1.73. The average Bonchev–Trinajstić information content (AvgIpc) is 3.05. The van der Waals surface area contributed by atoms with Crippen molar-refractivity contribution in [1.29, 1.82) is 0 Å². The summed E-state index contributed by atoms with van der Waals surface area (Å²) in [5.41, 5.74) is -0.198. The van der Waals surface area contributed by atoms with Crippen molar-refractivity contribution < 1.29 is 13.5 Å². The van der Waals surface area contributed by atoms with Crippen LogP contribution < -0.4 is 4.72 Å². The van der Waals surface area contributed by atoms with Gasteiger partial charge in [0.05, 0.1) is 4.90 Å². The fourth-order valence-electron chi connectivity index (χ4n) is 2.56. The van der Waals surface area contributed by atoms with Crippen LogP contribution in [0.25, 0.3) is 10.1 Å². The summed E-state index contributed by atoms with van der Waals surface area (Å²) >= 11 is 1.47. The van der Waals surface area contributed by atoms with Crippen LogP contribution in [0.15, 0.2) is 59.5 Å². The molecule has 25 heavy (non-hydrogen) atoms. The lowest BCUT2D eigenvalue weighted by Crippen LogP contribution is -2.38. The lowest BCUT2D eigenvalue weighted by atomic mass is 10.1. The quantitative estimate of drug-likeness (QED) is 0.691. The Labute approximate surface area is 152 Å². The van der Waals surface area contributed by atoms with Crippen LogP contribution >= 0.6 is 11.3 Å². The Balaban J connectivity index is 1.78. The van der Waals surface area contributed by atoms with Crippen molar-refractivity contribution in [3.05, 3.63) is 65.0 Å². The minimum atomic E-state index is -3.66. The molecular formula is C19H21NO3S2. The van der Waals surface area contributed by atoms with Gasteiger partial charge < -0.3 is 5.11 Å².